The lowest BCUT2D eigenvalue weighted by atomic mass is 9.75. The predicted octanol–water partition coefficient (Wildman–Crippen LogP) is 4.21. The molecule has 1 aromatic carbocycles. The molecule has 3 N–H and O–H groups in total. The molecule has 37 heavy (non-hydrogen) atoms. The van der Waals surface area contributed by atoms with Crippen LogP contribution in [0.5, 0.6) is 0 Å². The number of piperidine rings is 1. The van der Waals surface area contributed by atoms with Crippen molar-refractivity contribution in [3.8, 4) is 0 Å². The molecule has 8 heteroatoms. The topological polar surface area (TPSA) is 90.5 Å². The lowest BCUT2D eigenvalue weighted by Crippen LogP contribution is -2.52. The maximum Gasteiger partial charge on any atom is 0.255 e. The van der Waals surface area contributed by atoms with E-state index in [1.54, 1.807) is 4.90 Å². The molecule has 7 nitrogen and oxygen atoms in total. The zero-order chi connectivity index (χ0) is 25.6. The van der Waals surface area contributed by atoms with Gasteiger partial charge in [0.05, 0.1) is 0 Å². The summed E-state index contributed by atoms with van der Waals surface area (Å²) in [6, 6.07) is 5.58. The molecule has 1 atom stereocenters. The van der Waals surface area contributed by atoms with Gasteiger partial charge in [-0.2, -0.15) is 0 Å². The van der Waals surface area contributed by atoms with E-state index in [4.69, 9.17) is 0 Å². The van der Waals surface area contributed by atoms with Gasteiger partial charge in [-0.3, -0.25) is 19.7 Å². The number of carbonyl (C=O) groups is 3. The van der Waals surface area contributed by atoms with Gasteiger partial charge in [0.2, 0.25) is 11.8 Å². The molecule has 1 saturated heterocycles. The number of nitrogens with zero attached hydrogens (tertiary/aromatic N) is 1. The third-order valence-corrected chi connectivity index (χ3v) is 9.61. The van der Waals surface area contributed by atoms with Crippen LogP contribution in [0.15, 0.2) is 18.2 Å². The van der Waals surface area contributed by atoms with Gasteiger partial charge in [-0.25, -0.2) is 4.39 Å². The molecule has 2 heterocycles. The van der Waals surface area contributed by atoms with E-state index in [1.165, 1.54) is 19.3 Å². The zero-order valence-electron chi connectivity index (χ0n) is 21.6. The van der Waals surface area contributed by atoms with Crippen molar-refractivity contribution in [2.24, 2.45) is 5.92 Å². The number of hydrogen-bond donors (Lipinski definition) is 3. The van der Waals surface area contributed by atoms with Gasteiger partial charge in [-0.05, 0) is 82.3 Å². The van der Waals surface area contributed by atoms with Gasteiger partial charge >= 0.3 is 0 Å². The second-order valence-electron chi connectivity index (χ2n) is 12.3. The number of amides is 3. The van der Waals surface area contributed by atoms with E-state index in [2.05, 4.69) is 22.0 Å². The van der Waals surface area contributed by atoms with Crippen molar-refractivity contribution in [3.63, 3.8) is 0 Å². The highest BCUT2D eigenvalue weighted by atomic mass is 19.1. The number of carbonyl (C=O) groups excluding carboxylic acids is 3. The summed E-state index contributed by atoms with van der Waals surface area (Å²) in [4.78, 5) is 39.0. The first-order valence-electron chi connectivity index (χ1n) is 14.3. The van der Waals surface area contributed by atoms with Crippen LogP contribution in [0.25, 0.3) is 0 Å². The quantitative estimate of drug-likeness (QED) is 0.433. The summed E-state index contributed by atoms with van der Waals surface area (Å²) in [5.74, 6) is 0.0512. The lowest BCUT2D eigenvalue weighted by Gasteiger charge is -2.43. The maximum absolute atomic E-state index is 14.5. The average Bonchev–Trinajstić information content (AvgIpc) is 3.64. The fraction of sp³-hybridized carbons (Fsp3) is 0.690. The van der Waals surface area contributed by atoms with Crippen LogP contribution in [0, 0.1) is 5.92 Å². The predicted molar refractivity (Wildman–Crippen MR) is 139 cm³/mol. The molecule has 1 unspecified atom stereocenters. The molecule has 6 rings (SSSR count). The van der Waals surface area contributed by atoms with E-state index in [9.17, 15) is 18.8 Å². The van der Waals surface area contributed by atoms with Gasteiger partial charge < -0.3 is 15.5 Å². The molecular formula is C29H39FN4O3. The van der Waals surface area contributed by atoms with Crippen molar-refractivity contribution in [2.75, 3.05) is 11.9 Å². The summed E-state index contributed by atoms with van der Waals surface area (Å²) in [5, 5.41) is 9.83. The first-order chi connectivity index (χ1) is 17.8. The number of benzene rings is 1. The molecule has 200 valence electrons. The number of hydrogen-bond acceptors (Lipinski definition) is 5. The van der Waals surface area contributed by atoms with E-state index >= 15 is 0 Å². The Morgan fingerprint density at radius 3 is 2.49 bits per heavy atom. The highest BCUT2D eigenvalue weighted by Crippen LogP contribution is 2.43. The normalized spacial score (nSPS) is 31.1. The van der Waals surface area contributed by atoms with Crippen LogP contribution in [-0.2, 0) is 16.1 Å². The first kappa shape index (κ1) is 24.8. The SMILES string of the molecule is O=C1CCC(N2Cc3c(NC4(CCC5CC5)CCC(NCC5(F)CCC5)CC4)cccc3C2=O)C(=O)N1. The van der Waals surface area contributed by atoms with Crippen LogP contribution in [0.1, 0.15) is 99.4 Å². The van der Waals surface area contributed by atoms with Crippen molar-refractivity contribution in [3.05, 3.63) is 29.3 Å². The highest BCUT2D eigenvalue weighted by molar-refractivity contribution is 6.06. The number of halogens is 1. The van der Waals surface area contributed by atoms with E-state index < -0.39 is 11.7 Å². The number of fused-ring (bicyclic) bond motifs is 1. The highest BCUT2D eigenvalue weighted by Gasteiger charge is 2.43. The monoisotopic (exact) mass is 510 g/mol. The van der Waals surface area contributed by atoms with Gasteiger partial charge in [0.25, 0.3) is 5.91 Å². The van der Waals surface area contributed by atoms with Crippen molar-refractivity contribution in [1.29, 1.82) is 0 Å². The van der Waals surface area contributed by atoms with Gasteiger partial charge in [0.1, 0.15) is 11.7 Å². The number of nitrogens with one attached hydrogen (secondary N) is 3. The number of alkyl halides is 1. The molecule has 2 aliphatic heterocycles. The Labute approximate surface area is 218 Å². The molecule has 1 aromatic rings. The van der Waals surface area contributed by atoms with Crippen molar-refractivity contribution < 1.29 is 18.8 Å². The Hall–Kier alpha value is -2.48. The molecule has 3 aliphatic carbocycles. The Bertz CT molecular complexity index is 1070. The molecule has 0 bridgehead atoms. The summed E-state index contributed by atoms with van der Waals surface area (Å²) >= 11 is 0. The van der Waals surface area contributed by atoms with Gasteiger partial charge in [0, 0.05) is 47.9 Å². The van der Waals surface area contributed by atoms with Crippen LogP contribution >= 0.6 is 0 Å². The van der Waals surface area contributed by atoms with Gasteiger partial charge in [-0.1, -0.05) is 18.9 Å². The van der Waals surface area contributed by atoms with Crippen LogP contribution in [-0.4, -0.2) is 52.5 Å². The van der Waals surface area contributed by atoms with E-state index in [1.807, 2.05) is 12.1 Å². The molecule has 0 radical (unpaired) electrons. The smallest absolute Gasteiger partial charge is 0.255 e. The summed E-state index contributed by atoms with van der Waals surface area (Å²) < 4.78 is 14.5. The number of rotatable bonds is 9. The Balaban J connectivity index is 1.16. The second kappa shape index (κ2) is 9.68. The fourth-order valence-corrected chi connectivity index (χ4v) is 6.75. The Kier molecular flexibility index (Phi) is 6.50. The molecule has 0 aromatic heterocycles. The molecule has 3 saturated carbocycles. The van der Waals surface area contributed by atoms with E-state index in [0.29, 0.717) is 44.0 Å². The standard InChI is InChI=1S/C29H39FN4O3/c30-28(12-2-13-28)18-31-20-10-15-29(16-11-20,14-9-19-5-6-19)33-23-4-1-3-21-22(23)17-34(27(21)37)24-7-8-25(35)32-26(24)36/h1,3-4,19-20,24,31,33H,2,5-18H2,(H,32,35,36). The zero-order valence-corrected chi connectivity index (χ0v) is 21.6. The molecule has 4 fully saturated rings. The molecular weight excluding hydrogens is 471 g/mol. The largest absolute Gasteiger partial charge is 0.379 e. The van der Waals surface area contributed by atoms with Crippen molar-refractivity contribution in [2.45, 2.75) is 113 Å². The first-order valence-corrected chi connectivity index (χ1v) is 14.3. The summed E-state index contributed by atoms with van der Waals surface area (Å²) in [6.07, 6.45) is 12.1. The lowest BCUT2D eigenvalue weighted by molar-refractivity contribution is -0.136. The number of anilines is 1. The van der Waals surface area contributed by atoms with Crippen molar-refractivity contribution in [1.82, 2.24) is 15.5 Å². The third-order valence-electron chi connectivity index (χ3n) is 9.61. The van der Waals surface area contributed by atoms with Crippen molar-refractivity contribution >= 4 is 23.4 Å². The molecule has 5 aliphatic rings. The second-order valence-corrected chi connectivity index (χ2v) is 12.3. The minimum absolute atomic E-state index is 0.0368. The minimum Gasteiger partial charge on any atom is -0.379 e. The minimum atomic E-state index is -0.996. The van der Waals surface area contributed by atoms with Crippen LogP contribution in [0.4, 0.5) is 10.1 Å². The summed E-state index contributed by atoms with van der Waals surface area (Å²) in [7, 11) is 0. The fourth-order valence-electron chi connectivity index (χ4n) is 6.75. The van der Waals surface area contributed by atoms with Crippen LogP contribution < -0.4 is 16.0 Å². The van der Waals surface area contributed by atoms with Crippen LogP contribution in [0.2, 0.25) is 0 Å². The Morgan fingerprint density at radius 1 is 1.03 bits per heavy atom. The molecule has 3 amide bonds. The van der Waals surface area contributed by atoms with E-state index in [0.717, 1.165) is 55.7 Å². The third kappa shape index (κ3) is 5.14. The average molecular weight is 511 g/mol. The summed E-state index contributed by atoms with van der Waals surface area (Å²) in [5.41, 5.74) is 1.55. The van der Waals surface area contributed by atoms with Gasteiger partial charge in [0.15, 0.2) is 0 Å². The van der Waals surface area contributed by atoms with Gasteiger partial charge in [-0.15, -0.1) is 0 Å². The Morgan fingerprint density at radius 2 is 1.81 bits per heavy atom. The van der Waals surface area contributed by atoms with Crippen LogP contribution in [0.3, 0.4) is 0 Å². The number of imide groups is 1. The van der Waals surface area contributed by atoms with E-state index in [-0.39, 0.29) is 29.7 Å². The maximum atomic E-state index is 14.5. The molecule has 0 spiro atoms. The summed E-state index contributed by atoms with van der Waals surface area (Å²) in [6.45, 7) is 0.857.